The summed E-state index contributed by atoms with van der Waals surface area (Å²) in [4.78, 5) is 21.8. The average molecular weight is 257 g/mol. The lowest BCUT2D eigenvalue weighted by atomic mass is 10.1. The van der Waals surface area contributed by atoms with Gasteiger partial charge in [-0.3, -0.25) is 9.78 Å². The minimum absolute atomic E-state index is 0. The molecule has 1 unspecified atom stereocenters. The van der Waals surface area contributed by atoms with E-state index >= 15 is 0 Å². The third kappa shape index (κ3) is 3.38. The molecule has 1 saturated heterocycles. The number of carbonyl (C=O) groups excluding carboxylic acids is 1. The number of hydrogen-bond acceptors (Lipinski definition) is 4. The lowest BCUT2D eigenvalue weighted by Gasteiger charge is -2.32. The molecule has 1 aliphatic heterocycles. The van der Waals surface area contributed by atoms with Crippen LogP contribution in [0.15, 0.2) is 18.6 Å². The van der Waals surface area contributed by atoms with Crippen LogP contribution in [0.5, 0.6) is 0 Å². The average Bonchev–Trinajstić information content (AvgIpc) is 2.39. The summed E-state index contributed by atoms with van der Waals surface area (Å²) in [5.74, 6) is -0.0203. The molecular weight excluding hydrogens is 240 g/mol. The molecule has 1 amide bonds. The van der Waals surface area contributed by atoms with Crippen molar-refractivity contribution in [3.8, 4) is 0 Å². The molecule has 0 saturated carbocycles. The number of amides is 1. The third-order valence-electron chi connectivity index (χ3n) is 2.90. The molecule has 2 heterocycles. The molecule has 1 aromatic heterocycles. The smallest absolute Gasteiger partial charge is 0.274 e. The molecule has 0 radical (unpaired) electrons. The van der Waals surface area contributed by atoms with Gasteiger partial charge in [-0.25, -0.2) is 4.98 Å². The van der Waals surface area contributed by atoms with E-state index in [1.807, 2.05) is 11.9 Å². The molecule has 1 aromatic rings. The van der Waals surface area contributed by atoms with E-state index in [9.17, 15) is 4.79 Å². The molecule has 0 aliphatic carbocycles. The monoisotopic (exact) mass is 256 g/mol. The Bertz CT molecular complexity index is 360. The molecule has 1 N–H and O–H groups in total. The Balaban J connectivity index is 0.00000144. The van der Waals surface area contributed by atoms with Crippen LogP contribution in [0.3, 0.4) is 0 Å². The highest BCUT2D eigenvalue weighted by atomic mass is 35.5. The van der Waals surface area contributed by atoms with Crippen molar-refractivity contribution in [2.24, 2.45) is 0 Å². The van der Waals surface area contributed by atoms with E-state index in [1.54, 1.807) is 12.4 Å². The second-order valence-electron chi connectivity index (χ2n) is 3.97. The first-order valence-corrected chi connectivity index (χ1v) is 5.54. The van der Waals surface area contributed by atoms with Crippen molar-refractivity contribution in [1.29, 1.82) is 0 Å². The number of likely N-dealkylation sites (N-methyl/N-ethyl adjacent to an activating group) is 1. The van der Waals surface area contributed by atoms with Crippen LogP contribution in [0.4, 0.5) is 0 Å². The van der Waals surface area contributed by atoms with Crippen molar-refractivity contribution in [1.82, 2.24) is 20.2 Å². The minimum atomic E-state index is -0.0203. The van der Waals surface area contributed by atoms with Crippen molar-refractivity contribution in [3.05, 3.63) is 24.3 Å². The van der Waals surface area contributed by atoms with Crippen LogP contribution in [0.1, 0.15) is 23.3 Å². The number of rotatable bonds is 2. The third-order valence-corrected chi connectivity index (χ3v) is 2.90. The number of nitrogens with zero attached hydrogens (tertiary/aromatic N) is 3. The van der Waals surface area contributed by atoms with Gasteiger partial charge >= 0.3 is 0 Å². The van der Waals surface area contributed by atoms with Gasteiger partial charge < -0.3 is 10.2 Å². The van der Waals surface area contributed by atoms with Crippen molar-refractivity contribution in [2.75, 3.05) is 20.1 Å². The Morgan fingerprint density at radius 1 is 1.53 bits per heavy atom. The number of hydrogen-bond donors (Lipinski definition) is 1. The summed E-state index contributed by atoms with van der Waals surface area (Å²) in [6, 6.07) is 0.398. The Hall–Kier alpha value is -1.20. The first-order chi connectivity index (χ1) is 7.81. The van der Waals surface area contributed by atoms with E-state index in [4.69, 9.17) is 0 Å². The largest absolute Gasteiger partial charge is 0.336 e. The van der Waals surface area contributed by atoms with Crippen LogP contribution in [-0.4, -0.2) is 47.0 Å². The fourth-order valence-corrected chi connectivity index (χ4v) is 1.97. The summed E-state index contributed by atoms with van der Waals surface area (Å²) in [7, 11) is 1.93. The van der Waals surface area contributed by atoms with E-state index in [-0.39, 0.29) is 18.3 Å². The fourth-order valence-electron chi connectivity index (χ4n) is 1.97. The van der Waals surface area contributed by atoms with E-state index in [0.717, 1.165) is 25.9 Å². The van der Waals surface area contributed by atoms with E-state index < -0.39 is 0 Å². The summed E-state index contributed by atoms with van der Waals surface area (Å²) >= 11 is 0. The lowest BCUT2D eigenvalue weighted by molar-refractivity contribution is 0.0691. The van der Waals surface area contributed by atoms with Gasteiger partial charge in [-0.1, -0.05) is 0 Å². The first-order valence-electron chi connectivity index (χ1n) is 5.54. The number of piperidine rings is 1. The molecule has 6 heteroatoms. The van der Waals surface area contributed by atoms with E-state index in [2.05, 4.69) is 15.3 Å². The van der Waals surface area contributed by atoms with Gasteiger partial charge in [0.25, 0.3) is 5.91 Å². The standard InChI is InChI=1S/C11H16N4O.ClH/c1-12-9-3-2-6-15(8-9)11(16)10-7-13-4-5-14-10;/h4-5,7,9,12H,2-3,6,8H2,1H3;1H. The Morgan fingerprint density at radius 2 is 2.35 bits per heavy atom. The first kappa shape index (κ1) is 13.9. The maximum atomic E-state index is 12.1. The topological polar surface area (TPSA) is 58.1 Å². The lowest BCUT2D eigenvalue weighted by Crippen LogP contribution is -2.47. The number of nitrogens with one attached hydrogen (secondary N) is 1. The summed E-state index contributed by atoms with van der Waals surface area (Å²) in [5.41, 5.74) is 0.430. The zero-order valence-electron chi connectivity index (χ0n) is 9.80. The predicted molar refractivity (Wildman–Crippen MR) is 67.3 cm³/mol. The van der Waals surface area contributed by atoms with Crippen molar-refractivity contribution in [3.63, 3.8) is 0 Å². The zero-order chi connectivity index (χ0) is 11.4. The molecule has 5 nitrogen and oxygen atoms in total. The van der Waals surface area contributed by atoms with Gasteiger partial charge in [0.2, 0.25) is 0 Å². The molecule has 1 atom stereocenters. The van der Waals surface area contributed by atoms with Crippen molar-refractivity contribution in [2.45, 2.75) is 18.9 Å². The quantitative estimate of drug-likeness (QED) is 0.847. The molecule has 17 heavy (non-hydrogen) atoms. The molecule has 1 fully saturated rings. The molecule has 0 bridgehead atoms. The second kappa shape index (κ2) is 6.51. The molecule has 0 aromatic carbocycles. The molecule has 0 spiro atoms. The van der Waals surface area contributed by atoms with Gasteiger partial charge in [0.15, 0.2) is 0 Å². The van der Waals surface area contributed by atoms with Gasteiger partial charge in [0.05, 0.1) is 6.20 Å². The predicted octanol–water partition coefficient (Wildman–Crippen LogP) is 0.722. The molecule has 94 valence electrons. The van der Waals surface area contributed by atoms with Crippen molar-refractivity contribution >= 4 is 18.3 Å². The van der Waals surface area contributed by atoms with Gasteiger partial charge in [0, 0.05) is 31.5 Å². The van der Waals surface area contributed by atoms with E-state index in [1.165, 1.54) is 6.20 Å². The Kier molecular flexibility index (Phi) is 5.31. The number of halogens is 1. The molecular formula is C11H17ClN4O. The minimum Gasteiger partial charge on any atom is -0.336 e. The van der Waals surface area contributed by atoms with Crippen molar-refractivity contribution < 1.29 is 4.79 Å². The number of aromatic nitrogens is 2. The summed E-state index contributed by atoms with van der Waals surface area (Å²) in [6.45, 7) is 1.57. The molecule has 1 aliphatic rings. The fraction of sp³-hybridized carbons (Fsp3) is 0.545. The van der Waals surface area contributed by atoms with Crippen LogP contribution in [0.2, 0.25) is 0 Å². The Labute approximate surface area is 107 Å². The molecule has 2 rings (SSSR count). The maximum absolute atomic E-state index is 12.1. The SMILES string of the molecule is CNC1CCCN(C(=O)c2cnccn2)C1.Cl. The van der Waals surface area contributed by atoms with E-state index in [0.29, 0.717) is 11.7 Å². The zero-order valence-corrected chi connectivity index (χ0v) is 10.6. The summed E-state index contributed by atoms with van der Waals surface area (Å²) < 4.78 is 0. The van der Waals surface area contributed by atoms with Gasteiger partial charge in [-0.05, 0) is 19.9 Å². The maximum Gasteiger partial charge on any atom is 0.274 e. The van der Waals surface area contributed by atoms with Gasteiger partial charge in [0.1, 0.15) is 5.69 Å². The summed E-state index contributed by atoms with van der Waals surface area (Å²) in [6.07, 6.45) is 6.81. The number of carbonyl (C=O) groups is 1. The highest BCUT2D eigenvalue weighted by Gasteiger charge is 2.24. The summed E-state index contributed by atoms with van der Waals surface area (Å²) in [5, 5.41) is 3.21. The van der Waals surface area contributed by atoms with Crippen LogP contribution in [-0.2, 0) is 0 Å². The van der Waals surface area contributed by atoms with Gasteiger partial charge in [-0.2, -0.15) is 0 Å². The van der Waals surface area contributed by atoms with Gasteiger partial charge in [-0.15, -0.1) is 12.4 Å². The van der Waals surface area contributed by atoms with Crippen LogP contribution < -0.4 is 5.32 Å². The van der Waals surface area contributed by atoms with Crippen LogP contribution in [0.25, 0.3) is 0 Å². The highest BCUT2D eigenvalue weighted by Crippen LogP contribution is 2.12. The Morgan fingerprint density at radius 3 is 3.00 bits per heavy atom. The van der Waals surface area contributed by atoms with Crippen LogP contribution in [0, 0.1) is 0 Å². The highest BCUT2D eigenvalue weighted by molar-refractivity contribution is 5.92. The second-order valence-corrected chi connectivity index (χ2v) is 3.97. The normalized spacial score (nSPS) is 19.6. The van der Waals surface area contributed by atoms with Crippen LogP contribution >= 0.6 is 12.4 Å². The number of likely N-dealkylation sites (tertiary alicyclic amines) is 1.